The molecule has 0 amide bonds. The molecule has 0 radical (unpaired) electrons. The van der Waals surface area contributed by atoms with Crippen molar-refractivity contribution in [3.05, 3.63) is 11.1 Å². The SMILES string of the molecule is CCNCc1cnc(N2CCC(C)CC2)s1. The summed E-state index contributed by atoms with van der Waals surface area (Å²) in [5, 5.41) is 4.55. The van der Waals surface area contributed by atoms with Gasteiger partial charge in [0, 0.05) is 30.7 Å². The second-order valence-corrected chi connectivity index (χ2v) is 5.65. The molecule has 1 aromatic heterocycles. The van der Waals surface area contributed by atoms with Crippen molar-refractivity contribution in [2.75, 3.05) is 24.5 Å². The van der Waals surface area contributed by atoms with Crippen molar-refractivity contribution >= 4 is 16.5 Å². The third kappa shape index (κ3) is 2.95. The van der Waals surface area contributed by atoms with Crippen molar-refractivity contribution in [1.82, 2.24) is 10.3 Å². The number of aromatic nitrogens is 1. The second-order valence-electron chi connectivity index (χ2n) is 4.56. The third-order valence-corrected chi connectivity index (χ3v) is 4.20. The molecule has 16 heavy (non-hydrogen) atoms. The minimum Gasteiger partial charge on any atom is -0.348 e. The number of nitrogens with zero attached hydrogens (tertiary/aromatic N) is 2. The first-order valence-electron chi connectivity index (χ1n) is 6.20. The molecule has 1 aliphatic heterocycles. The van der Waals surface area contributed by atoms with Gasteiger partial charge in [-0.15, -0.1) is 11.3 Å². The number of piperidine rings is 1. The number of rotatable bonds is 4. The summed E-state index contributed by atoms with van der Waals surface area (Å²) in [7, 11) is 0. The van der Waals surface area contributed by atoms with Gasteiger partial charge in [-0.25, -0.2) is 4.98 Å². The summed E-state index contributed by atoms with van der Waals surface area (Å²) in [6.07, 6.45) is 4.63. The van der Waals surface area contributed by atoms with E-state index in [4.69, 9.17) is 0 Å². The molecule has 1 fully saturated rings. The summed E-state index contributed by atoms with van der Waals surface area (Å²) in [6.45, 7) is 8.81. The molecule has 2 heterocycles. The topological polar surface area (TPSA) is 28.2 Å². The summed E-state index contributed by atoms with van der Waals surface area (Å²) in [5.74, 6) is 0.887. The number of anilines is 1. The normalized spacial score (nSPS) is 18.0. The Bertz CT molecular complexity index is 316. The summed E-state index contributed by atoms with van der Waals surface area (Å²) in [4.78, 5) is 8.30. The smallest absolute Gasteiger partial charge is 0.185 e. The van der Waals surface area contributed by atoms with E-state index >= 15 is 0 Å². The average Bonchev–Trinajstić information content (AvgIpc) is 2.76. The van der Waals surface area contributed by atoms with Gasteiger partial charge in [-0.1, -0.05) is 13.8 Å². The molecular weight excluding hydrogens is 218 g/mol. The molecule has 0 bridgehead atoms. The van der Waals surface area contributed by atoms with Crippen molar-refractivity contribution in [1.29, 1.82) is 0 Å². The van der Waals surface area contributed by atoms with Crippen LogP contribution in [0.4, 0.5) is 5.13 Å². The fraction of sp³-hybridized carbons (Fsp3) is 0.750. The molecule has 3 nitrogen and oxygen atoms in total. The van der Waals surface area contributed by atoms with E-state index in [1.165, 1.54) is 35.9 Å². The number of hydrogen-bond donors (Lipinski definition) is 1. The van der Waals surface area contributed by atoms with Gasteiger partial charge in [0.15, 0.2) is 5.13 Å². The molecule has 0 spiro atoms. The van der Waals surface area contributed by atoms with Crippen LogP contribution < -0.4 is 10.2 Å². The van der Waals surface area contributed by atoms with Crippen LogP contribution in [0.1, 0.15) is 31.6 Å². The molecule has 0 aliphatic carbocycles. The minimum atomic E-state index is 0.887. The predicted octanol–water partition coefficient (Wildman–Crippen LogP) is 2.49. The van der Waals surface area contributed by atoms with Crippen LogP contribution in [-0.4, -0.2) is 24.6 Å². The van der Waals surface area contributed by atoms with Gasteiger partial charge in [0.1, 0.15) is 0 Å². The summed E-state index contributed by atoms with van der Waals surface area (Å²) >= 11 is 1.83. The molecule has 1 saturated heterocycles. The third-order valence-electron chi connectivity index (χ3n) is 3.14. The number of hydrogen-bond acceptors (Lipinski definition) is 4. The average molecular weight is 239 g/mol. The van der Waals surface area contributed by atoms with E-state index in [1.807, 2.05) is 17.5 Å². The lowest BCUT2D eigenvalue weighted by atomic mass is 10.00. The predicted molar refractivity (Wildman–Crippen MR) is 70.1 cm³/mol. The summed E-state index contributed by atoms with van der Waals surface area (Å²) in [5.41, 5.74) is 0. The Hall–Kier alpha value is -0.610. The van der Waals surface area contributed by atoms with E-state index in [1.54, 1.807) is 0 Å². The first-order valence-corrected chi connectivity index (χ1v) is 7.01. The number of thiazole rings is 1. The van der Waals surface area contributed by atoms with Crippen LogP contribution in [0.3, 0.4) is 0 Å². The van der Waals surface area contributed by atoms with Crippen molar-refractivity contribution in [2.24, 2.45) is 5.92 Å². The van der Waals surface area contributed by atoms with E-state index in [0.717, 1.165) is 19.0 Å². The van der Waals surface area contributed by atoms with Gasteiger partial charge in [-0.05, 0) is 25.3 Å². The van der Waals surface area contributed by atoms with Crippen molar-refractivity contribution in [2.45, 2.75) is 33.2 Å². The Balaban J connectivity index is 1.91. The monoisotopic (exact) mass is 239 g/mol. The molecule has 1 aliphatic rings. The molecular formula is C12H21N3S. The first-order chi connectivity index (χ1) is 7.79. The Kier molecular flexibility index (Phi) is 4.18. The first kappa shape index (κ1) is 11.9. The Labute approximate surface area is 102 Å². The lowest BCUT2D eigenvalue weighted by molar-refractivity contribution is 0.438. The van der Waals surface area contributed by atoms with Crippen LogP contribution in [0.15, 0.2) is 6.20 Å². The highest BCUT2D eigenvalue weighted by Gasteiger charge is 2.18. The molecule has 4 heteroatoms. The van der Waals surface area contributed by atoms with Crippen LogP contribution >= 0.6 is 11.3 Å². The maximum Gasteiger partial charge on any atom is 0.185 e. The van der Waals surface area contributed by atoms with E-state index in [0.29, 0.717) is 0 Å². The molecule has 1 N–H and O–H groups in total. The Morgan fingerprint density at radius 3 is 2.94 bits per heavy atom. The van der Waals surface area contributed by atoms with E-state index in [9.17, 15) is 0 Å². The molecule has 2 rings (SSSR count). The highest BCUT2D eigenvalue weighted by Crippen LogP contribution is 2.26. The van der Waals surface area contributed by atoms with Crippen molar-refractivity contribution < 1.29 is 0 Å². The van der Waals surface area contributed by atoms with Gasteiger partial charge in [0.25, 0.3) is 0 Å². The van der Waals surface area contributed by atoms with Crippen LogP contribution in [0.5, 0.6) is 0 Å². The Morgan fingerprint density at radius 2 is 2.25 bits per heavy atom. The standard InChI is InChI=1S/C12H21N3S/c1-3-13-8-11-9-14-12(16-11)15-6-4-10(2)5-7-15/h9-10,13H,3-8H2,1-2H3. The second kappa shape index (κ2) is 5.64. The van der Waals surface area contributed by atoms with Gasteiger partial charge in [0.2, 0.25) is 0 Å². The summed E-state index contributed by atoms with van der Waals surface area (Å²) < 4.78 is 0. The quantitative estimate of drug-likeness (QED) is 0.875. The van der Waals surface area contributed by atoms with Gasteiger partial charge in [0.05, 0.1) is 0 Å². The van der Waals surface area contributed by atoms with Gasteiger partial charge >= 0.3 is 0 Å². The maximum absolute atomic E-state index is 4.52. The lowest BCUT2D eigenvalue weighted by Crippen LogP contribution is -2.32. The van der Waals surface area contributed by atoms with Crippen LogP contribution in [0.2, 0.25) is 0 Å². The maximum atomic E-state index is 4.52. The largest absolute Gasteiger partial charge is 0.348 e. The fourth-order valence-corrected chi connectivity index (χ4v) is 2.90. The molecule has 0 unspecified atom stereocenters. The molecule has 0 saturated carbocycles. The van der Waals surface area contributed by atoms with Crippen LogP contribution in [0.25, 0.3) is 0 Å². The van der Waals surface area contributed by atoms with Gasteiger partial charge in [-0.2, -0.15) is 0 Å². The summed E-state index contributed by atoms with van der Waals surface area (Å²) in [6, 6.07) is 0. The Morgan fingerprint density at radius 1 is 1.50 bits per heavy atom. The zero-order valence-electron chi connectivity index (χ0n) is 10.2. The van der Waals surface area contributed by atoms with Gasteiger partial charge in [-0.3, -0.25) is 0 Å². The van der Waals surface area contributed by atoms with Crippen molar-refractivity contribution in [3.8, 4) is 0 Å². The van der Waals surface area contributed by atoms with Gasteiger partial charge < -0.3 is 10.2 Å². The van der Waals surface area contributed by atoms with Crippen LogP contribution in [-0.2, 0) is 6.54 Å². The van der Waals surface area contributed by atoms with Crippen LogP contribution in [0, 0.1) is 5.92 Å². The van der Waals surface area contributed by atoms with E-state index < -0.39 is 0 Å². The molecule has 0 atom stereocenters. The molecule has 90 valence electrons. The van der Waals surface area contributed by atoms with E-state index in [-0.39, 0.29) is 0 Å². The molecule has 0 aromatic carbocycles. The van der Waals surface area contributed by atoms with Crippen molar-refractivity contribution in [3.63, 3.8) is 0 Å². The molecule has 1 aromatic rings. The number of nitrogens with one attached hydrogen (secondary N) is 1. The zero-order valence-corrected chi connectivity index (χ0v) is 11.0. The highest BCUT2D eigenvalue weighted by molar-refractivity contribution is 7.15. The highest BCUT2D eigenvalue weighted by atomic mass is 32.1. The van der Waals surface area contributed by atoms with E-state index in [2.05, 4.69) is 29.0 Å². The lowest BCUT2D eigenvalue weighted by Gasteiger charge is -2.29. The fourth-order valence-electron chi connectivity index (χ4n) is 1.97. The zero-order chi connectivity index (χ0) is 11.4. The minimum absolute atomic E-state index is 0.887.